The summed E-state index contributed by atoms with van der Waals surface area (Å²) in [4.78, 5) is 0. The van der Waals surface area contributed by atoms with E-state index in [9.17, 15) is 4.39 Å². The first-order chi connectivity index (χ1) is 4.77. The molecule has 1 N–H and O–H groups in total. The van der Waals surface area contributed by atoms with E-state index in [1.165, 1.54) is 0 Å². The average molecular weight is 141 g/mol. The molecular weight excluding hydrogens is 129 g/mol. The molecule has 56 valence electrons. The van der Waals surface area contributed by atoms with Gasteiger partial charge in [-0.05, 0) is 13.3 Å². The first kappa shape index (κ1) is 7.56. The summed E-state index contributed by atoms with van der Waals surface area (Å²) >= 11 is 0. The lowest BCUT2D eigenvalue weighted by Gasteiger charge is -2.34. The molecular formula is C8H12FN. The highest BCUT2D eigenvalue weighted by Gasteiger charge is 2.35. The maximum Gasteiger partial charge on any atom is 0.136 e. The second kappa shape index (κ2) is 3.03. The molecule has 0 bridgehead atoms. The van der Waals surface area contributed by atoms with Crippen LogP contribution in [0.4, 0.5) is 4.39 Å². The molecule has 1 saturated heterocycles. The number of hydrogen-bond donors (Lipinski definition) is 1. The normalized spacial score (nSPS) is 20.6. The molecule has 1 heterocycles. The van der Waals surface area contributed by atoms with Crippen LogP contribution in [0.2, 0.25) is 0 Å². The Bertz CT molecular complexity index is 162. The van der Waals surface area contributed by atoms with E-state index in [0.29, 0.717) is 25.9 Å². The molecule has 0 saturated carbocycles. The molecule has 10 heavy (non-hydrogen) atoms. The quantitative estimate of drug-likeness (QED) is 0.568. The summed E-state index contributed by atoms with van der Waals surface area (Å²) in [5.41, 5.74) is -0.941. The molecule has 1 fully saturated rings. The summed E-state index contributed by atoms with van der Waals surface area (Å²) < 4.78 is 13.1. The summed E-state index contributed by atoms with van der Waals surface area (Å²) in [5.74, 6) is 5.61. The van der Waals surface area contributed by atoms with Crippen molar-refractivity contribution in [1.29, 1.82) is 0 Å². The lowest BCUT2D eigenvalue weighted by molar-refractivity contribution is 0.0823. The molecule has 0 aromatic carbocycles. The summed E-state index contributed by atoms with van der Waals surface area (Å²) in [5, 5.41) is 2.91. The second-order valence-electron chi connectivity index (χ2n) is 2.68. The third-order valence-electron chi connectivity index (χ3n) is 1.76. The van der Waals surface area contributed by atoms with E-state index >= 15 is 0 Å². The van der Waals surface area contributed by atoms with E-state index in [1.54, 1.807) is 6.92 Å². The van der Waals surface area contributed by atoms with Crippen LogP contribution in [0.25, 0.3) is 0 Å². The zero-order chi connectivity index (χ0) is 7.45. The smallest absolute Gasteiger partial charge is 0.136 e. The van der Waals surface area contributed by atoms with Crippen molar-refractivity contribution >= 4 is 0 Å². The molecule has 1 nitrogen and oxygen atoms in total. The van der Waals surface area contributed by atoms with Gasteiger partial charge in [0.05, 0.1) is 0 Å². The molecule has 1 rings (SSSR count). The Morgan fingerprint density at radius 3 is 2.70 bits per heavy atom. The largest absolute Gasteiger partial charge is 0.310 e. The fraction of sp³-hybridized carbons (Fsp3) is 0.750. The van der Waals surface area contributed by atoms with Crippen LogP contribution in [0.5, 0.6) is 0 Å². The minimum atomic E-state index is -0.941. The summed E-state index contributed by atoms with van der Waals surface area (Å²) in [6.45, 7) is 2.81. The highest BCUT2D eigenvalue weighted by Crippen LogP contribution is 2.21. The predicted octanol–water partition coefficient (Wildman–Crippen LogP) is 1.10. The predicted molar refractivity (Wildman–Crippen MR) is 39.4 cm³/mol. The maximum atomic E-state index is 13.1. The van der Waals surface area contributed by atoms with E-state index in [-0.39, 0.29) is 0 Å². The van der Waals surface area contributed by atoms with Crippen molar-refractivity contribution in [2.24, 2.45) is 0 Å². The highest BCUT2D eigenvalue weighted by molar-refractivity contribution is 5.00. The molecule has 0 unspecified atom stereocenters. The van der Waals surface area contributed by atoms with Gasteiger partial charge in [-0.25, -0.2) is 4.39 Å². The highest BCUT2D eigenvalue weighted by atomic mass is 19.1. The van der Waals surface area contributed by atoms with Gasteiger partial charge in [-0.2, -0.15) is 0 Å². The Hall–Kier alpha value is -0.550. The van der Waals surface area contributed by atoms with Crippen LogP contribution < -0.4 is 5.32 Å². The van der Waals surface area contributed by atoms with Crippen molar-refractivity contribution in [2.45, 2.75) is 25.4 Å². The van der Waals surface area contributed by atoms with Crippen LogP contribution in [0.3, 0.4) is 0 Å². The molecule has 0 aliphatic carbocycles. The zero-order valence-electron chi connectivity index (χ0n) is 6.21. The van der Waals surface area contributed by atoms with Gasteiger partial charge in [0.2, 0.25) is 0 Å². The van der Waals surface area contributed by atoms with E-state index < -0.39 is 5.67 Å². The van der Waals surface area contributed by atoms with Crippen molar-refractivity contribution in [2.75, 3.05) is 13.1 Å². The summed E-state index contributed by atoms with van der Waals surface area (Å²) in [6, 6.07) is 0. The minimum absolute atomic E-state index is 0.512. The van der Waals surface area contributed by atoms with E-state index in [4.69, 9.17) is 0 Å². The Kier molecular flexibility index (Phi) is 2.29. The molecule has 1 aliphatic heterocycles. The lowest BCUT2D eigenvalue weighted by atomic mass is 9.94. The molecule has 0 aromatic rings. The van der Waals surface area contributed by atoms with Crippen LogP contribution in [0, 0.1) is 11.8 Å². The standard InChI is InChI=1S/C8H12FN/c1-2-3-4-5-8(9)6-10-7-8/h10H,4-7H2,1H3. The van der Waals surface area contributed by atoms with E-state index in [1.807, 2.05) is 0 Å². The zero-order valence-corrected chi connectivity index (χ0v) is 6.21. The Morgan fingerprint density at radius 2 is 2.30 bits per heavy atom. The molecule has 1 aliphatic rings. The van der Waals surface area contributed by atoms with Crippen molar-refractivity contribution in [3.63, 3.8) is 0 Å². The van der Waals surface area contributed by atoms with Gasteiger partial charge in [-0.15, -0.1) is 11.8 Å². The second-order valence-corrected chi connectivity index (χ2v) is 2.68. The topological polar surface area (TPSA) is 12.0 Å². The molecule has 2 heteroatoms. The fourth-order valence-corrected chi connectivity index (χ4v) is 0.985. The van der Waals surface area contributed by atoms with Crippen LogP contribution in [-0.4, -0.2) is 18.8 Å². The fourth-order valence-electron chi connectivity index (χ4n) is 0.985. The third-order valence-corrected chi connectivity index (χ3v) is 1.76. The van der Waals surface area contributed by atoms with Gasteiger partial charge in [0.1, 0.15) is 5.67 Å². The van der Waals surface area contributed by atoms with Crippen LogP contribution in [-0.2, 0) is 0 Å². The first-order valence-electron chi connectivity index (χ1n) is 3.56. The maximum absolute atomic E-state index is 13.1. The summed E-state index contributed by atoms with van der Waals surface area (Å²) in [6.07, 6.45) is 1.27. The van der Waals surface area contributed by atoms with Gasteiger partial charge in [0, 0.05) is 19.5 Å². The van der Waals surface area contributed by atoms with Gasteiger partial charge in [-0.3, -0.25) is 0 Å². The first-order valence-corrected chi connectivity index (χ1v) is 3.56. The van der Waals surface area contributed by atoms with Crippen molar-refractivity contribution in [3.05, 3.63) is 0 Å². The lowest BCUT2D eigenvalue weighted by Crippen LogP contribution is -2.56. The number of nitrogens with one attached hydrogen (secondary N) is 1. The van der Waals surface area contributed by atoms with Crippen molar-refractivity contribution in [1.82, 2.24) is 5.32 Å². The minimum Gasteiger partial charge on any atom is -0.310 e. The number of hydrogen-bond acceptors (Lipinski definition) is 1. The SMILES string of the molecule is CC#CCCC1(F)CNC1. The van der Waals surface area contributed by atoms with Gasteiger partial charge in [0.25, 0.3) is 0 Å². The number of halogens is 1. The van der Waals surface area contributed by atoms with Crippen LogP contribution in [0.1, 0.15) is 19.8 Å². The van der Waals surface area contributed by atoms with Crippen molar-refractivity contribution in [3.8, 4) is 11.8 Å². The Labute approximate surface area is 61.0 Å². The van der Waals surface area contributed by atoms with Gasteiger partial charge < -0.3 is 5.32 Å². The number of alkyl halides is 1. The molecule has 0 spiro atoms. The van der Waals surface area contributed by atoms with Gasteiger partial charge in [0.15, 0.2) is 0 Å². The summed E-state index contributed by atoms with van der Waals surface area (Å²) in [7, 11) is 0. The average Bonchev–Trinajstić information content (AvgIpc) is 1.85. The van der Waals surface area contributed by atoms with Crippen LogP contribution in [0.15, 0.2) is 0 Å². The molecule has 0 amide bonds. The van der Waals surface area contributed by atoms with Gasteiger partial charge in [-0.1, -0.05) is 0 Å². The third kappa shape index (κ3) is 1.71. The molecule has 0 aromatic heterocycles. The number of rotatable bonds is 2. The van der Waals surface area contributed by atoms with E-state index in [0.717, 1.165) is 0 Å². The molecule has 0 radical (unpaired) electrons. The molecule has 0 atom stereocenters. The van der Waals surface area contributed by atoms with E-state index in [2.05, 4.69) is 17.2 Å². The Morgan fingerprint density at radius 1 is 1.60 bits per heavy atom. The van der Waals surface area contributed by atoms with Crippen LogP contribution >= 0.6 is 0 Å². The van der Waals surface area contributed by atoms with Crippen molar-refractivity contribution < 1.29 is 4.39 Å². The Balaban J connectivity index is 2.16. The van der Waals surface area contributed by atoms with Gasteiger partial charge >= 0.3 is 0 Å². The monoisotopic (exact) mass is 141 g/mol.